The highest BCUT2D eigenvalue weighted by molar-refractivity contribution is 5.93. The number of rotatable bonds is 7. The molecule has 36 heavy (non-hydrogen) atoms. The van der Waals surface area contributed by atoms with Gasteiger partial charge in [0.25, 0.3) is 0 Å². The van der Waals surface area contributed by atoms with Crippen LogP contribution < -0.4 is 19.7 Å². The number of ether oxygens (including phenoxy) is 2. The van der Waals surface area contributed by atoms with Gasteiger partial charge in [-0.15, -0.1) is 0 Å². The summed E-state index contributed by atoms with van der Waals surface area (Å²) in [5.74, 6) is 2.56. The predicted molar refractivity (Wildman–Crippen MR) is 136 cm³/mol. The highest BCUT2D eigenvalue weighted by Gasteiger charge is 2.29. The summed E-state index contributed by atoms with van der Waals surface area (Å²) < 4.78 is 16.3. The van der Waals surface area contributed by atoms with Crippen LogP contribution in [-0.2, 0) is 17.6 Å². The number of piperazine rings is 1. The number of furan rings is 1. The van der Waals surface area contributed by atoms with Gasteiger partial charge in [0.15, 0.2) is 5.76 Å². The van der Waals surface area contributed by atoms with E-state index < -0.39 is 0 Å². The number of pyridine rings is 1. The molecular formula is C27H29N5O4. The number of aromatic nitrogens is 1. The molecule has 1 saturated heterocycles. The number of nitrogens with one attached hydrogen (secondary N) is 1. The first-order chi connectivity index (χ1) is 17.6. The highest BCUT2D eigenvalue weighted by atomic mass is 16.5. The van der Waals surface area contributed by atoms with Gasteiger partial charge in [0.1, 0.15) is 29.1 Å². The summed E-state index contributed by atoms with van der Waals surface area (Å²) in [5, 5.41) is 12.9. The average molecular weight is 488 g/mol. The second-order valence-corrected chi connectivity index (χ2v) is 8.94. The lowest BCUT2D eigenvalue weighted by atomic mass is 10.0. The number of fused-ring (bicyclic) bond motifs is 1. The van der Waals surface area contributed by atoms with E-state index >= 15 is 0 Å². The Bertz CT molecular complexity index is 1290. The van der Waals surface area contributed by atoms with Crippen LogP contribution >= 0.6 is 0 Å². The van der Waals surface area contributed by atoms with Crippen molar-refractivity contribution in [3.8, 4) is 29.0 Å². The smallest absolute Gasteiger partial charge is 0.238 e. The van der Waals surface area contributed by atoms with Crippen molar-refractivity contribution in [3.63, 3.8) is 0 Å². The molecule has 3 heterocycles. The maximum Gasteiger partial charge on any atom is 0.238 e. The van der Waals surface area contributed by atoms with E-state index in [2.05, 4.69) is 21.2 Å². The zero-order valence-electron chi connectivity index (χ0n) is 20.5. The first-order valence-corrected chi connectivity index (χ1v) is 12.1. The average Bonchev–Trinajstić information content (AvgIpc) is 3.61. The number of benzene rings is 1. The van der Waals surface area contributed by atoms with Crippen molar-refractivity contribution in [2.75, 3.05) is 57.2 Å². The highest BCUT2D eigenvalue weighted by Crippen LogP contribution is 2.37. The van der Waals surface area contributed by atoms with Crippen LogP contribution in [0.2, 0.25) is 0 Å². The van der Waals surface area contributed by atoms with E-state index in [4.69, 9.17) is 18.9 Å². The lowest BCUT2D eigenvalue weighted by Gasteiger charge is -2.35. The van der Waals surface area contributed by atoms with Gasteiger partial charge in [-0.05, 0) is 54.7 Å². The summed E-state index contributed by atoms with van der Waals surface area (Å²) in [6.07, 6.45) is 4.47. The Balaban J connectivity index is 1.27. The van der Waals surface area contributed by atoms with E-state index in [1.165, 1.54) is 0 Å². The Morgan fingerprint density at radius 2 is 1.94 bits per heavy atom. The van der Waals surface area contributed by atoms with Crippen LogP contribution in [-0.4, -0.2) is 62.7 Å². The molecule has 0 spiro atoms. The van der Waals surface area contributed by atoms with E-state index in [1.54, 1.807) is 38.7 Å². The standard InChI is InChI=1S/C27H29N5O4/c1-34-18-8-9-22(24(15-18)35-2)29-25(33)17-31-10-12-32(13-11-31)27-21(16-28)19-5-3-6-20(19)26(30-27)23-7-4-14-36-23/h4,7-9,14-15H,3,5-6,10-13,17H2,1-2H3,(H,29,33). The largest absolute Gasteiger partial charge is 0.497 e. The second-order valence-electron chi connectivity index (χ2n) is 8.94. The van der Waals surface area contributed by atoms with Gasteiger partial charge in [-0.2, -0.15) is 5.26 Å². The zero-order valence-corrected chi connectivity index (χ0v) is 20.5. The molecule has 2 aromatic heterocycles. The quantitative estimate of drug-likeness (QED) is 0.540. The summed E-state index contributed by atoms with van der Waals surface area (Å²) in [7, 11) is 3.14. The molecule has 0 atom stereocenters. The Morgan fingerprint density at radius 3 is 2.64 bits per heavy atom. The number of carbonyl (C=O) groups excluding carboxylic acids is 1. The fourth-order valence-corrected chi connectivity index (χ4v) is 5.02. The van der Waals surface area contributed by atoms with Gasteiger partial charge in [0.05, 0.1) is 38.3 Å². The number of anilines is 2. The minimum atomic E-state index is -0.111. The molecule has 0 unspecified atom stereocenters. The molecule has 1 fully saturated rings. The Labute approximate surface area is 210 Å². The maximum absolute atomic E-state index is 12.7. The summed E-state index contributed by atoms with van der Waals surface area (Å²) in [4.78, 5) is 21.9. The summed E-state index contributed by atoms with van der Waals surface area (Å²) in [6, 6.07) is 11.5. The molecule has 0 bridgehead atoms. The van der Waals surface area contributed by atoms with Crippen LogP contribution in [0.1, 0.15) is 23.1 Å². The van der Waals surface area contributed by atoms with E-state index in [9.17, 15) is 10.1 Å². The third-order valence-corrected chi connectivity index (χ3v) is 6.83. The number of methoxy groups -OCH3 is 2. The molecular weight excluding hydrogens is 458 g/mol. The van der Waals surface area contributed by atoms with E-state index in [0.717, 1.165) is 47.7 Å². The number of nitriles is 1. The minimum Gasteiger partial charge on any atom is -0.497 e. The molecule has 2 aliphatic rings. The van der Waals surface area contributed by atoms with Gasteiger partial charge in [-0.1, -0.05) is 0 Å². The molecule has 1 aliphatic carbocycles. The van der Waals surface area contributed by atoms with Crippen LogP contribution in [0.3, 0.4) is 0 Å². The lowest BCUT2D eigenvalue weighted by Crippen LogP contribution is -2.49. The third kappa shape index (κ3) is 4.60. The first-order valence-electron chi connectivity index (χ1n) is 12.1. The fraction of sp³-hybridized carbons (Fsp3) is 0.370. The molecule has 1 N–H and O–H groups in total. The number of hydrogen-bond donors (Lipinski definition) is 1. The summed E-state index contributed by atoms with van der Waals surface area (Å²) in [5.41, 5.74) is 4.36. The Kier molecular flexibility index (Phi) is 6.78. The molecule has 186 valence electrons. The molecule has 1 aromatic carbocycles. The van der Waals surface area contributed by atoms with Gasteiger partial charge in [0.2, 0.25) is 5.91 Å². The Hall–Kier alpha value is -4.03. The van der Waals surface area contributed by atoms with Crippen molar-refractivity contribution in [1.29, 1.82) is 5.26 Å². The molecule has 0 radical (unpaired) electrons. The lowest BCUT2D eigenvalue weighted by molar-refractivity contribution is -0.117. The van der Waals surface area contributed by atoms with Crippen molar-refractivity contribution < 1.29 is 18.7 Å². The monoisotopic (exact) mass is 487 g/mol. The topological polar surface area (TPSA) is 104 Å². The van der Waals surface area contributed by atoms with Crippen LogP contribution in [0.5, 0.6) is 11.5 Å². The normalized spacial score (nSPS) is 15.3. The van der Waals surface area contributed by atoms with Crippen LogP contribution in [0.15, 0.2) is 41.0 Å². The molecule has 1 aliphatic heterocycles. The molecule has 5 rings (SSSR count). The van der Waals surface area contributed by atoms with Gasteiger partial charge in [0, 0.05) is 32.2 Å². The molecule has 1 amide bonds. The van der Waals surface area contributed by atoms with Crippen molar-refractivity contribution in [2.24, 2.45) is 0 Å². The van der Waals surface area contributed by atoms with E-state index in [1.807, 2.05) is 12.1 Å². The maximum atomic E-state index is 12.7. The number of amides is 1. The van der Waals surface area contributed by atoms with E-state index in [-0.39, 0.29) is 12.5 Å². The number of hydrogen-bond acceptors (Lipinski definition) is 8. The first kappa shape index (κ1) is 23.7. The fourth-order valence-electron chi connectivity index (χ4n) is 5.02. The molecule has 0 saturated carbocycles. The van der Waals surface area contributed by atoms with Crippen molar-refractivity contribution in [3.05, 3.63) is 53.3 Å². The van der Waals surface area contributed by atoms with Crippen molar-refractivity contribution in [1.82, 2.24) is 9.88 Å². The summed E-state index contributed by atoms with van der Waals surface area (Å²) >= 11 is 0. The van der Waals surface area contributed by atoms with Crippen molar-refractivity contribution >= 4 is 17.4 Å². The van der Waals surface area contributed by atoms with Gasteiger partial charge in [-0.25, -0.2) is 4.98 Å². The van der Waals surface area contributed by atoms with Crippen LogP contribution in [0, 0.1) is 11.3 Å². The molecule has 3 aromatic rings. The van der Waals surface area contributed by atoms with Gasteiger partial charge >= 0.3 is 0 Å². The number of nitrogens with zero attached hydrogens (tertiary/aromatic N) is 4. The van der Waals surface area contributed by atoms with Gasteiger partial charge in [-0.3, -0.25) is 9.69 Å². The third-order valence-electron chi connectivity index (χ3n) is 6.83. The molecule has 9 nitrogen and oxygen atoms in total. The zero-order chi connectivity index (χ0) is 25.1. The number of carbonyl (C=O) groups is 1. The van der Waals surface area contributed by atoms with E-state index in [0.29, 0.717) is 48.9 Å². The predicted octanol–water partition coefficient (Wildman–Crippen LogP) is 3.48. The van der Waals surface area contributed by atoms with Crippen LogP contribution in [0.4, 0.5) is 11.5 Å². The SMILES string of the molecule is COc1ccc(NC(=O)CN2CCN(c3nc(-c4ccco4)c4c(c3C#N)CCC4)CC2)c(OC)c1. The van der Waals surface area contributed by atoms with Gasteiger partial charge < -0.3 is 24.1 Å². The second kappa shape index (κ2) is 10.3. The Morgan fingerprint density at radius 1 is 1.14 bits per heavy atom. The minimum absolute atomic E-state index is 0.111. The molecule has 9 heteroatoms. The van der Waals surface area contributed by atoms with Crippen LogP contribution in [0.25, 0.3) is 11.5 Å². The van der Waals surface area contributed by atoms with Crippen molar-refractivity contribution in [2.45, 2.75) is 19.3 Å². The summed E-state index contributed by atoms with van der Waals surface area (Å²) in [6.45, 7) is 3.00.